The molecule has 2 aliphatic rings. The molecule has 4 aromatic rings. The molecule has 1 aromatic heterocycles. The van der Waals surface area contributed by atoms with Crippen molar-refractivity contribution >= 4 is 10.9 Å². The largest absolute Gasteiger partial charge is 0.508 e. The van der Waals surface area contributed by atoms with Crippen LogP contribution in [0.1, 0.15) is 28.8 Å². The van der Waals surface area contributed by atoms with Crippen molar-refractivity contribution < 1.29 is 14.6 Å². The number of aliphatic hydroxyl groups is 1. The molecule has 0 saturated carbocycles. The number of fused-ring (bicyclic) bond motifs is 4. The average Bonchev–Trinajstić information content (AvgIpc) is 3.17. The van der Waals surface area contributed by atoms with E-state index < -0.39 is 11.0 Å². The van der Waals surface area contributed by atoms with Gasteiger partial charge in [-0.2, -0.15) is 0 Å². The zero-order chi connectivity index (χ0) is 23.3. The van der Waals surface area contributed by atoms with Crippen LogP contribution in [0, 0.1) is 5.82 Å². The van der Waals surface area contributed by atoms with Crippen molar-refractivity contribution in [2.45, 2.75) is 36.7 Å². The number of halogens is 1. The fourth-order valence-electron chi connectivity index (χ4n) is 6.32. The molecule has 34 heavy (non-hydrogen) atoms. The summed E-state index contributed by atoms with van der Waals surface area (Å²) in [6.07, 6.45) is 2.79. The van der Waals surface area contributed by atoms with Gasteiger partial charge >= 0.3 is 0 Å². The van der Waals surface area contributed by atoms with Crippen LogP contribution in [0.15, 0.2) is 72.8 Å². The Morgan fingerprint density at radius 3 is 2.65 bits per heavy atom. The van der Waals surface area contributed by atoms with Crippen LogP contribution < -0.4 is 0 Å². The van der Waals surface area contributed by atoms with Crippen LogP contribution >= 0.6 is 0 Å². The van der Waals surface area contributed by atoms with E-state index in [0.29, 0.717) is 19.4 Å². The van der Waals surface area contributed by atoms with Gasteiger partial charge < -0.3 is 20.1 Å². The lowest BCUT2D eigenvalue weighted by Gasteiger charge is -2.56. The Kier molecular flexibility index (Phi) is 5.01. The molecule has 1 saturated heterocycles. The number of phenolic OH excluding ortho intramolecular Hbond substituents is 1. The number of benzene rings is 3. The van der Waals surface area contributed by atoms with E-state index in [1.165, 1.54) is 11.6 Å². The quantitative estimate of drug-likeness (QED) is 0.416. The van der Waals surface area contributed by atoms with E-state index >= 15 is 0 Å². The Balaban J connectivity index is 1.40. The number of H-pyrrole nitrogens is 1. The molecule has 6 rings (SSSR count). The number of hydrogen-bond donors (Lipinski definition) is 3. The van der Waals surface area contributed by atoms with Gasteiger partial charge in [-0.1, -0.05) is 42.5 Å². The third-order valence-corrected chi connectivity index (χ3v) is 8.09. The van der Waals surface area contributed by atoms with Gasteiger partial charge in [-0.05, 0) is 66.4 Å². The Morgan fingerprint density at radius 2 is 1.82 bits per heavy atom. The average molecular weight is 457 g/mol. The maximum atomic E-state index is 14.1. The van der Waals surface area contributed by atoms with Crippen molar-refractivity contribution in [2.24, 2.45) is 0 Å². The van der Waals surface area contributed by atoms with E-state index in [9.17, 15) is 14.6 Å². The third kappa shape index (κ3) is 3.42. The standard InChI is InChI=1S/C29H29FN2O2/c30-22-9-10-26-24(16-22)25-17-29(34)19-32(13-11-20-5-2-1-3-6-20)14-12-28(29,18-27(25)31-26)21-7-4-8-23(33)15-21/h1-10,15-16,31,33-34H,11-14,17-19H2/t28-,29-/m0/s1. The van der Waals surface area contributed by atoms with Crippen LogP contribution in [0.3, 0.4) is 0 Å². The predicted octanol–water partition coefficient (Wildman–Crippen LogP) is 4.73. The summed E-state index contributed by atoms with van der Waals surface area (Å²) in [5.74, 6) is -0.0514. The fourth-order valence-corrected chi connectivity index (χ4v) is 6.32. The van der Waals surface area contributed by atoms with Crippen LogP contribution in [-0.4, -0.2) is 45.3 Å². The number of rotatable bonds is 4. The molecule has 0 bridgehead atoms. The molecule has 1 aliphatic heterocycles. The molecule has 0 unspecified atom stereocenters. The maximum absolute atomic E-state index is 14.1. The lowest BCUT2D eigenvalue weighted by molar-refractivity contribution is -0.102. The molecular formula is C29H29FN2O2. The lowest BCUT2D eigenvalue weighted by atomic mass is 9.56. The van der Waals surface area contributed by atoms with E-state index in [4.69, 9.17) is 0 Å². The topological polar surface area (TPSA) is 59.5 Å². The Bertz CT molecular complexity index is 1350. The Labute approximate surface area is 198 Å². The first-order valence-electron chi connectivity index (χ1n) is 12.0. The summed E-state index contributed by atoms with van der Waals surface area (Å²) in [7, 11) is 0. The zero-order valence-electron chi connectivity index (χ0n) is 19.1. The minimum Gasteiger partial charge on any atom is -0.508 e. The van der Waals surface area contributed by atoms with E-state index in [0.717, 1.165) is 53.7 Å². The van der Waals surface area contributed by atoms with Gasteiger partial charge in [0.05, 0.1) is 5.60 Å². The first-order valence-corrected chi connectivity index (χ1v) is 12.0. The monoisotopic (exact) mass is 456 g/mol. The normalized spacial score (nSPS) is 24.6. The molecule has 2 atom stereocenters. The molecule has 0 spiro atoms. The Hall–Kier alpha value is -3.15. The van der Waals surface area contributed by atoms with E-state index in [1.807, 2.05) is 18.2 Å². The van der Waals surface area contributed by atoms with Gasteiger partial charge in [-0.25, -0.2) is 4.39 Å². The molecule has 3 N–H and O–H groups in total. The summed E-state index contributed by atoms with van der Waals surface area (Å²) >= 11 is 0. The molecule has 5 heteroatoms. The van der Waals surface area contributed by atoms with E-state index in [2.05, 4.69) is 34.1 Å². The number of nitrogens with zero attached hydrogens (tertiary/aromatic N) is 1. The molecular weight excluding hydrogens is 427 g/mol. The van der Waals surface area contributed by atoms with Crippen molar-refractivity contribution in [2.75, 3.05) is 19.6 Å². The highest BCUT2D eigenvalue weighted by Crippen LogP contribution is 2.51. The molecule has 0 radical (unpaired) electrons. The van der Waals surface area contributed by atoms with Crippen molar-refractivity contribution in [1.82, 2.24) is 9.88 Å². The summed E-state index contributed by atoms with van der Waals surface area (Å²) in [6, 6.07) is 22.6. The predicted molar refractivity (Wildman–Crippen MR) is 132 cm³/mol. The summed E-state index contributed by atoms with van der Waals surface area (Å²) < 4.78 is 14.1. The highest BCUT2D eigenvalue weighted by Gasteiger charge is 2.57. The van der Waals surface area contributed by atoms with Gasteiger partial charge in [0, 0.05) is 47.9 Å². The molecule has 3 aromatic carbocycles. The highest BCUT2D eigenvalue weighted by molar-refractivity contribution is 5.85. The van der Waals surface area contributed by atoms with Gasteiger partial charge in [-0.15, -0.1) is 0 Å². The minimum absolute atomic E-state index is 0.213. The van der Waals surface area contributed by atoms with Gasteiger partial charge in [0.25, 0.3) is 0 Å². The van der Waals surface area contributed by atoms with Crippen LogP contribution in [-0.2, 0) is 24.7 Å². The molecule has 2 heterocycles. The van der Waals surface area contributed by atoms with Gasteiger partial charge in [-0.3, -0.25) is 0 Å². The first-order chi connectivity index (χ1) is 16.5. The Morgan fingerprint density at radius 1 is 0.971 bits per heavy atom. The number of aromatic hydroxyl groups is 1. The third-order valence-electron chi connectivity index (χ3n) is 8.09. The number of piperidine rings is 1. The van der Waals surface area contributed by atoms with Crippen LogP contribution in [0.2, 0.25) is 0 Å². The number of aromatic amines is 1. The summed E-state index contributed by atoms with van der Waals surface area (Å²) in [5.41, 5.74) is 3.67. The van der Waals surface area contributed by atoms with Crippen molar-refractivity contribution in [3.63, 3.8) is 0 Å². The van der Waals surface area contributed by atoms with Crippen LogP contribution in [0.25, 0.3) is 10.9 Å². The second kappa shape index (κ2) is 7.97. The molecule has 4 nitrogen and oxygen atoms in total. The second-order valence-electron chi connectivity index (χ2n) is 10.1. The number of likely N-dealkylation sites (tertiary alicyclic amines) is 1. The molecule has 1 aliphatic carbocycles. The molecule has 0 amide bonds. The van der Waals surface area contributed by atoms with Gasteiger partial charge in [0.1, 0.15) is 11.6 Å². The number of β-amino-alcohol motifs (C(OH)–C–C–N with tert-alkyl or cyclic N) is 1. The van der Waals surface area contributed by atoms with Gasteiger partial charge in [0.15, 0.2) is 0 Å². The van der Waals surface area contributed by atoms with Crippen LogP contribution in [0.4, 0.5) is 4.39 Å². The summed E-state index contributed by atoms with van der Waals surface area (Å²) in [4.78, 5) is 5.86. The van der Waals surface area contributed by atoms with Crippen LogP contribution in [0.5, 0.6) is 5.75 Å². The number of phenols is 1. The molecule has 1 fully saturated rings. The number of aromatic nitrogens is 1. The highest BCUT2D eigenvalue weighted by atomic mass is 19.1. The second-order valence-corrected chi connectivity index (χ2v) is 10.1. The molecule has 174 valence electrons. The summed E-state index contributed by atoms with van der Waals surface area (Å²) in [5, 5.41) is 23.5. The van der Waals surface area contributed by atoms with Crippen molar-refractivity contribution in [3.8, 4) is 5.75 Å². The fraction of sp³-hybridized carbons (Fsp3) is 0.310. The zero-order valence-corrected chi connectivity index (χ0v) is 19.1. The smallest absolute Gasteiger partial charge is 0.123 e. The maximum Gasteiger partial charge on any atom is 0.123 e. The van der Waals surface area contributed by atoms with E-state index in [1.54, 1.807) is 24.3 Å². The minimum atomic E-state index is -1.04. The van der Waals surface area contributed by atoms with E-state index in [-0.39, 0.29) is 11.6 Å². The SMILES string of the molecule is Oc1cccc([C@@]23CCN(CCc4ccccc4)C[C@@]2(O)Cc2c([nH]c4ccc(F)cc24)C3)c1. The van der Waals surface area contributed by atoms with Gasteiger partial charge in [0.2, 0.25) is 0 Å². The number of nitrogens with one attached hydrogen (secondary N) is 1. The summed E-state index contributed by atoms with van der Waals surface area (Å²) in [6.45, 7) is 2.28. The lowest BCUT2D eigenvalue weighted by Crippen LogP contribution is -2.66. The van der Waals surface area contributed by atoms with Crippen molar-refractivity contribution in [3.05, 3.63) is 101 Å². The van der Waals surface area contributed by atoms with Crippen molar-refractivity contribution in [1.29, 1.82) is 0 Å². The first kappa shape index (κ1) is 21.4. The number of hydrogen-bond acceptors (Lipinski definition) is 3.